The molecule has 7 heteroatoms. The maximum Gasteiger partial charge on any atom is 0.338 e. The first-order chi connectivity index (χ1) is 14.3. The number of anilines is 1. The zero-order valence-corrected chi connectivity index (χ0v) is 18.2. The highest BCUT2D eigenvalue weighted by atomic mass is 32.1. The van der Waals surface area contributed by atoms with E-state index in [1.165, 1.54) is 7.11 Å². The van der Waals surface area contributed by atoms with Gasteiger partial charge in [0.25, 0.3) is 5.91 Å². The van der Waals surface area contributed by atoms with Gasteiger partial charge in [-0.1, -0.05) is 50.2 Å². The summed E-state index contributed by atoms with van der Waals surface area (Å²) < 4.78 is 4.92. The van der Waals surface area contributed by atoms with Crippen molar-refractivity contribution in [2.75, 3.05) is 12.4 Å². The summed E-state index contributed by atoms with van der Waals surface area (Å²) in [6, 6.07) is 14.2. The van der Waals surface area contributed by atoms with Crippen molar-refractivity contribution >= 4 is 34.9 Å². The summed E-state index contributed by atoms with van der Waals surface area (Å²) in [6.45, 7) is 5.95. The Labute approximate surface area is 181 Å². The van der Waals surface area contributed by atoms with Crippen molar-refractivity contribution in [2.24, 2.45) is 0 Å². The number of methoxy groups -OCH3 is 1. The fourth-order valence-corrected chi connectivity index (χ4v) is 3.85. The van der Waals surface area contributed by atoms with E-state index in [-0.39, 0.29) is 11.8 Å². The molecular weight excluding hydrogens is 398 g/mol. The molecule has 0 fully saturated rings. The molecule has 3 N–H and O–H groups in total. The largest absolute Gasteiger partial charge is 0.465 e. The minimum absolute atomic E-state index is 0.252. The van der Waals surface area contributed by atoms with Gasteiger partial charge in [-0.05, 0) is 48.3 Å². The van der Waals surface area contributed by atoms with Gasteiger partial charge in [0.1, 0.15) is 0 Å². The van der Waals surface area contributed by atoms with Gasteiger partial charge in [-0.2, -0.15) is 0 Å². The molecule has 1 amide bonds. The molecule has 156 valence electrons. The fraction of sp³-hybridized carbons (Fsp3) is 0.261. The lowest BCUT2D eigenvalue weighted by Crippen LogP contribution is -2.46. The summed E-state index contributed by atoms with van der Waals surface area (Å²) in [5.74, 6) is -0.491. The fourth-order valence-electron chi connectivity index (χ4n) is 3.58. The van der Waals surface area contributed by atoms with Gasteiger partial charge in [-0.15, -0.1) is 0 Å². The highest BCUT2D eigenvalue weighted by molar-refractivity contribution is 7.80. The summed E-state index contributed by atoms with van der Waals surface area (Å²) in [6.07, 6.45) is 0. The molecule has 1 atom stereocenters. The zero-order valence-electron chi connectivity index (χ0n) is 17.4. The number of para-hydroxylation sites is 1. The Balaban J connectivity index is 2.04. The Hall–Kier alpha value is -3.19. The summed E-state index contributed by atoms with van der Waals surface area (Å²) >= 11 is 5.32. The summed E-state index contributed by atoms with van der Waals surface area (Å²) in [5, 5.41) is 9.57. The molecular formula is C23H25N3O3S. The number of hydrogen-bond donors (Lipinski definition) is 3. The number of thiocarbonyl (C=S) groups is 1. The second-order valence-corrected chi connectivity index (χ2v) is 7.75. The number of amides is 1. The number of rotatable bonds is 5. The molecule has 2 aromatic rings. The first-order valence-corrected chi connectivity index (χ1v) is 10.1. The Morgan fingerprint density at radius 1 is 1.10 bits per heavy atom. The minimum Gasteiger partial charge on any atom is -0.465 e. The molecule has 0 unspecified atom stereocenters. The Morgan fingerprint density at radius 2 is 1.77 bits per heavy atom. The number of allylic oxidation sites excluding steroid dienone is 1. The van der Waals surface area contributed by atoms with Crippen LogP contribution in [-0.2, 0) is 9.53 Å². The second kappa shape index (κ2) is 9.09. The van der Waals surface area contributed by atoms with Gasteiger partial charge in [0.15, 0.2) is 5.11 Å². The number of carbonyl (C=O) groups excluding carboxylic acids is 2. The van der Waals surface area contributed by atoms with Crippen LogP contribution in [0.1, 0.15) is 54.2 Å². The highest BCUT2D eigenvalue weighted by Gasteiger charge is 2.32. The number of benzene rings is 2. The van der Waals surface area contributed by atoms with Crippen molar-refractivity contribution in [3.8, 4) is 0 Å². The molecule has 30 heavy (non-hydrogen) atoms. The van der Waals surface area contributed by atoms with E-state index in [0.29, 0.717) is 27.5 Å². The molecule has 1 aliphatic heterocycles. The zero-order chi connectivity index (χ0) is 21.8. The third-order valence-electron chi connectivity index (χ3n) is 5.02. The topological polar surface area (TPSA) is 79.5 Å². The average Bonchev–Trinajstić information content (AvgIpc) is 2.72. The Morgan fingerprint density at radius 3 is 2.47 bits per heavy atom. The van der Waals surface area contributed by atoms with Crippen LogP contribution >= 0.6 is 12.2 Å². The molecule has 0 aromatic heterocycles. The van der Waals surface area contributed by atoms with E-state index in [0.717, 1.165) is 11.3 Å². The van der Waals surface area contributed by atoms with Crippen LogP contribution in [-0.4, -0.2) is 24.1 Å². The molecule has 6 nitrogen and oxygen atoms in total. The van der Waals surface area contributed by atoms with Crippen molar-refractivity contribution in [1.82, 2.24) is 10.6 Å². The van der Waals surface area contributed by atoms with Crippen LogP contribution in [0, 0.1) is 0 Å². The summed E-state index contributed by atoms with van der Waals surface area (Å²) in [4.78, 5) is 25.7. The van der Waals surface area contributed by atoms with E-state index in [9.17, 15) is 9.59 Å². The van der Waals surface area contributed by atoms with Crippen LogP contribution in [0.25, 0.3) is 0 Å². The van der Waals surface area contributed by atoms with Crippen molar-refractivity contribution in [2.45, 2.75) is 32.7 Å². The first kappa shape index (κ1) is 21.5. The molecule has 1 aliphatic rings. The number of hydrogen-bond acceptors (Lipinski definition) is 4. The van der Waals surface area contributed by atoms with Gasteiger partial charge in [0.05, 0.1) is 24.3 Å². The maximum atomic E-state index is 13.4. The molecule has 2 aromatic carbocycles. The van der Waals surface area contributed by atoms with Gasteiger partial charge < -0.3 is 20.7 Å². The van der Waals surface area contributed by atoms with Crippen LogP contribution in [0.15, 0.2) is 59.8 Å². The third-order valence-corrected chi connectivity index (χ3v) is 5.24. The Kier molecular flexibility index (Phi) is 6.52. The molecule has 1 heterocycles. The first-order valence-electron chi connectivity index (χ1n) is 9.69. The predicted octanol–water partition coefficient (Wildman–Crippen LogP) is 4.03. The van der Waals surface area contributed by atoms with Gasteiger partial charge in [0, 0.05) is 11.4 Å². The van der Waals surface area contributed by atoms with Crippen LogP contribution in [0.3, 0.4) is 0 Å². The van der Waals surface area contributed by atoms with Crippen LogP contribution in [0.5, 0.6) is 0 Å². The number of ether oxygens (including phenoxy) is 1. The van der Waals surface area contributed by atoms with Crippen molar-refractivity contribution in [3.63, 3.8) is 0 Å². The van der Waals surface area contributed by atoms with E-state index in [2.05, 4.69) is 29.8 Å². The third kappa shape index (κ3) is 4.36. The predicted molar refractivity (Wildman–Crippen MR) is 121 cm³/mol. The van der Waals surface area contributed by atoms with Gasteiger partial charge in [-0.3, -0.25) is 4.79 Å². The summed E-state index contributed by atoms with van der Waals surface area (Å²) in [5.41, 5.74) is 3.88. The van der Waals surface area contributed by atoms with Crippen molar-refractivity contribution in [3.05, 3.63) is 76.5 Å². The standard InChI is InChI=1S/C23H25N3O3S/c1-13(2)15-9-7-8-12-18(15)25-21(27)19-14(3)24-23(30)26-20(19)16-10-5-6-11-17(16)22(28)29-4/h5-13,20H,1-4H3,(H,25,27)(H2,24,26,30)/t20-/m0/s1. The van der Waals surface area contributed by atoms with E-state index >= 15 is 0 Å². The molecule has 0 bridgehead atoms. The lowest BCUT2D eigenvalue weighted by atomic mass is 9.91. The lowest BCUT2D eigenvalue weighted by molar-refractivity contribution is -0.113. The van der Waals surface area contributed by atoms with E-state index in [1.54, 1.807) is 25.1 Å². The highest BCUT2D eigenvalue weighted by Crippen LogP contribution is 2.31. The van der Waals surface area contributed by atoms with Crippen molar-refractivity contribution in [1.29, 1.82) is 0 Å². The van der Waals surface area contributed by atoms with E-state index in [1.807, 2.05) is 30.3 Å². The Bertz CT molecular complexity index is 1030. The van der Waals surface area contributed by atoms with Crippen LogP contribution in [0.2, 0.25) is 0 Å². The lowest BCUT2D eigenvalue weighted by Gasteiger charge is -2.31. The van der Waals surface area contributed by atoms with Gasteiger partial charge in [-0.25, -0.2) is 4.79 Å². The van der Waals surface area contributed by atoms with Gasteiger partial charge >= 0.3 is 5.97 Å². The molecule has 0 spiro atoms. The van der Waals surface area contributed by atoms with Crippen molar-refractivity contribution < 1.29 is 14.3 Å². The molecule has 0 saturated heterocycles. The number of carbonyl (C=O) groups is 2. The van der Waals surface area contributed by atoms with Crippen LogP contribution < -0.4 is 16.0 Å². The normalized spacial score (nSPS) is 16.0. The average molecular weight is 424 g/mol. The number of esters is 1. The van der Waals surface area contributed by atoms with E-state index < -0.39 is 12.0 Å². The second-order valence-electron chi connectivity index (χ2n) is 7.35. The number of nitrogens with one attached hydrogen (secondary N) is 3. The minimum atomic E-state index is -0.597. The van der Waals surface area contributed by atoms with Crippen LogP contribution in [0.4, 0.5) is 5.69 Å². The SMILES string of the molecule is COC(=O)c1ccccc1[C@@H]1NC(=S)NC(C)=C1C(=O)Nc1ccccc1C(C)C. The summed E-state index contributed by atoms with van der Waals surface area (Å²) in [7, 11) is 1.33. The smallest absolute Gasteiger partial charge is 0.338 e. The molecule has 0 radical (unpaired) electrons. The maximum absolute atomic E-state index is 13.4. The molecule has 0 saturated carbocycles. The monoisotopic (exact) mass is 423 g/mol. The molecule has 3 rings (SSSR count). The van der Waals surface area contributed by atoms with E-state index in [4.69, 9.17) is 17.0 Å². The van der Waals surface area contributed by atoms with Gasteiger partial charge in [0.2, 0.25) is 0 Å². The molecule has 0 aliphatic carbocycles. The quantitative estimate of drug-likeness (QED) is 0.498.